The molecule has 4 unspecified atom stereocenters. The van der Waals surface area contributed by atoms with E-state index in [0.29, 0.717) is 12.8 Å². The number of hydrogen-bond donors (Lipinski definition) is 2. The zero-order valence-electron chi connectivity index (χ0n) is 21.7. The van der Waals surface area contributed by atoms with Gasteiger partial charge in [0.25, 0.3) is 0 Å². The third kappa shape index (κ3) is 19.6. The minimum absolute atomic E-state index is 0.478. The van der Waals surface area contributed by atoms with Crippen LogP contribution in [0.2, 0.25) is 0 Å². The lowest BCUT2D eigenvalue weighted by Crippen LogP contribution is -2.26. The number of rotatable bonds is 26. The number of carbonyl (C=O) groups is 2. The Labute approximate surface area is 209 Å². The van der Waals surface area contributed by atoms with Crippen molar-refractivity contribution in [1.29, 1.82) is 0 Å². The molecule has 4 atom stereocenters. The van der Waals surface area contributed by atoms with Gasteiger partial charge < -0.3 is 19.8 Å². The van der Waals surface area contributed by atoms with E-state index in [0.717, 1.165) is 50.0 Å². The van der Waals surface area contributed by atoms with Crippen LogP contribution in [0.1, 0.15) is 142 Å². The largest absolute Gasteiger partial charge is 0.382 e. The Morgan fingerprint density at radius 2 is 0.788 bits per heavy atom. The Morgan fingerprint density at radius 3 is 1.06 bits per heavy atom. The summed E-state index contributed by atoms with van der Waals surface area (Å²) in [6, 6.07) is 0. The van der Waals surface area contributed by atoms with Crippen LogP contribution in [0.5, 0.6) is 0 Å². The van der Waals surface area contributed by atoms with Gasteiger partial charge in [-0.25, -0.2) is 0 Å². The number of aldehydes is 2. The number of aliphatic hydroxyl groups excluding tert-OH is 2. The summed E-state index contributed by atoms with van der Waals surface area (Å²) in [5.41, 5.74) is -1.89. The molecule has 0 bridgehead atoms. The molecule has 196 valence electrons. The molecule has 0 saturated heterocycles. The van der Waals surface area contributed by atoms with E-state index in [1.165, 1.54) is 89.9 Å². The van der Waals surface area contributed by atoms with Crippen molar-refractivity contribution in [2.24, 2.45) is 11.8 Å². The zero-order chi connectivity index (χ0) is 24.6. The van der Waals surface area contributed by atoms with Crippen molar-refractivity contribution in [3.05, 3.63) is 0 Å². The van der Waals surface area contributed by atoms with Gasteiger partial charge in [-0.1, -0.05) is 141 Å². The maximum atomic E-state index is 11.5. The summed E-state index contributed by atoms with van der Waals surface area (Å²) >= 11 is 0.973. The van der Waals surface area contributed by atoms with Gasteiger partial charge in [-0.05, 0) is 12.8 Å². The first-order valence-electron chi connectivity index (χ1n) is 14.0. The van der Waals surface area contributed by atoms with Crippen molar-refractivity contribution >= 4 is 24.3 Å². The van der Waals surface area contributed by atoms with Crippen LogP contribution in [-0.2, 0) is 9.59 Å². The van der Waals surface area contributed by atoms with Gasteiger partial charge in [0.2, 0.25) is 0 Å². The van der Waals surface area contributed by atoms with E-state index in [1.54, 1.807) is 0 Å². The number of hydrogen-bond acceptors (Lipinski definition) is 5. The third-order valence-electron chi connectivity index (χ3n) is 6.64. The molecule has 5 heteroatoms. The first kappa shape index (κ1) is 32.6. The van der Waals surface area contributed by atoms with Gasteiger partial charge in [-0.3, -0.25) is 0 Å². The quantitative estimate of drug-likeness (QED) is 0.0740. The molecular weight excluding hydrogens is 432 g/mol. The Morgan fingerprint density at radius 1 is 0.515 bits per heavy atom. The average Bonchev–Trinajstić information content (AvgIpc) is 2.81. The molecule has 2 N–H and O–H groups in total. The highest BCUT2D eigenvalue weighted by Crippen LogP contribution is 2.29. The predicted octanol–water partition coefficient (Wildman–Crippen LogP) is 7.83. The number of unbranched alkanes of at least 4 members (excludes halogenated alkanes) is 16. The van der Waals surface area contributed by atoms with Crippen LogP contribution in [0, 0.1) is 11.8 Å². The summed E-state index contributed by atoms with van der Waals surface area (Å²) in [6.07, 6.45) is 24.8. The van der Waals surface area contributed by atoms with Gasteiger partial charge in [0.15, 0.2) is 0 Å². The van der Waals surface area contributed by atoms with Gasteiger partial charge in [0.05, 0.1) is 11.8 Å². The summed E-state index contributed by atoms with van der Waals surface area (Å²) in [4.78, 5) is 22.9. The van der Waals surface area contributed by atoms with Crippen LogP contribution in [-0.4, -0.2) is 33.7 Å². The summed E-state index contributed by atoms with van der Waals surface area (Å²) in [5, 5.41) is 20.9. The first-order chi connectivity index (χ1) is 16.1. The lowest BCUT2D eigenvalue weighted by molar-refractivity contribution is -0.113. The van der Waals surface area contributed by atoms with Gasteiger partial charge >= 0.3 is 0 Å². The number of carbonyl (C=O) groups excluding carboxylic acids is 2. The van der Waals surface area contributed by atoms with Gasteiger partial charge in [0.1, 0.15) is 23.4 Å². The van der Waals surface area contributed by atoms with Crippen LogP contribution in [0.4, 0.5) is 0 Å². The van der Waals surface area contributed by atoms with Gasteiger partial charge in [-0.2, -0.15) is 0 Å². The lowest BCUT2D eigenvalue weighted by atomic mass is 10.0. The summed E-state index contributed by atoms with van der Waals surface area (Å²) in [6.45, 7) is 4.46. The molecule has 0 heterocycles. The summed E-state index contributed by atoms with van der Waals surface area (Å²) in [5.74, 6) is -0.955. The molecule has 33 heavy (non-hydrogen) atoms. The van der Waals surface area contributed by atoms with Crippen molar-refractivity contribution in [1.82, 2.24) is 0 Å². The van der Waals surface area contributed by atoms with Crippen LogP contribution in [0.3, 0.4) is 0 Å². The Bertz CT molecular complexity index is 394. The highest BCUT2D eigenvalue weighted by molar-refractivity contribution is 8.00. The first-order valence-corrected chi connectivity index (χ1v) is 15.0. The molecule has 0 amide bonds. The van der Waals surface area contributed by atoms with E-state index >= 15 is 0 Å². The van der Waals surface area contributed by atoms with Crippen molar-refractivity contribution in [2.75, 3.05) is 0 Å². The van der Waals surface area contributed by atoms with Crippen LogP contribution >= 0.6 is 11.8 Å². The molecule has 0 aliphatic rings. The van der Waals surface area contributed by atoms with Crippen LogP contribution in [0.15, 0.2) is 0 Å². The SMILES string of the molecule is CCCCCCCCCCCC(C=O)C(O)SC(O)C(C=O)CCCCCCCCCCC. The minimum atomic E-state index is -0.947. The van der Waals surface area contributed by atoms with Crippen LogP contribution in [0.25, 0.3) is 0 Å². The molecule has 0 spiro atoms. The second kappa shape index (κ2) is 24.7. The standard InChI is InChI=1S/C28H54O4S/c1-3-5-7-9-11-13-15-17-19-21-25(23-29)27(31)33-28(32)26(24-30)22-20-18-16-14-12-10-8-6-4-2/h23-28,31-32H,3-22H2,1-2H3. The Balaban J connectivity index is 3.95. The second-order valence-electron chi connectivity index (χ2n) is 9.75. The third-order valence-corrected chi connectivity index (χ3v) is 7.90. The van der Waals surface area contributed by atoms with E-state index < -0.39 is 22.7 Å². The van der Waals surface area contributed by atoms with E-state index in [9.17, 15) is 19.8 Å². The molecule has 0 fully saturated rings. The summed E-state index contributed by atoms with van der Waals surface area (Å²) < 4.78 is 0. The molecule has 0 aromatic heterocycles. The molecule has 0 rings (SSSR count). The molecule has 0 aliphatic heterocycles. The molecule has 0 radical (unpaired) electrons. The lowest BCUT2D eigenvalue weighted by Gasteiger charge is -2.23. The maximum absolute atomic E-state index is 11.5. The number of aliphatic hydroxyl groups is 2. The number of thioether (sulfide) groups is 1. The molecule has 4 nitrogen and oxygen atoms in total. The fourth-order valence-electron chi connectivity index (χ4n) is 4.28. The fraction of sp³-hybridized carbons (Fsp3) is 0.929. The van der Waals surface area contributed by atoms with Crippen LogP contribution < -0.4 is 0 Å². The van der Waals surface area contributed by atoms with Crippen molar-refractivity contribution in [2.45, 2.75) is 153 Å². The Kier molecular flexibility index (Phi) is 24.4. The highest BCUT2D eigenvalue weighted by atomic mass is 32.2. The molecule has 0 aromatic rings. The van der Waals surface area contributed by atoms with E-state index in [4.69, 9.17) is 0 Å². The zero-order valence-corrected chi connectivity index (χ0v) is 22.5. The molecule has 0 saturated carbocycles. The summed E-state index contributed by atoms with van der Waals surface area (Å²) in [7, 11) is 0. The van der Waals surface area contributed by atoms with Gasteiger partial charge in [-0.15, -0.1) is 0 Å². The smallest absolute Gasteiger partial charge is 0.126 e. The molecule has 0 aromatic carbocycles. The average molecular weight is 487 g/mol. The van der Waals surface area contributed by atoms with Gasteiger partial charge in [0, 0.05) is 0 Å². The topological polar surface area (TPSA) is 74.6 Å². The predicted molar refractivity (Wildman–Crippen MR) is 142 cm³/mol. The molecular formula is C28H54O4S. The van der Waals surface area contributed by atoms with E-state index in [1.807, 2.05) is 0 Å². The second-order valence-corrected chi connectivity index (χ2v) is 11.0. The fourth-order valence-corrected chi connectivity index (χ4v) is 5.37. The van der Waals surface area contributed by atoms with Crippen molar-refractivity contribution in [3.63, 3.8) is 0 Å². The van der Waals surface area contributed by atoms with E-state index in [2.05, 4.69) is 13.8 Å². The normalized spacial score (nSPS) is 15.2. The van der Waals surface area contributed by atoms with Crippen molar-refractivity contribution in [3.8, 4) is 0 Å². The minimum Gasteiger partial charge on any atom is -0.382 e. The highest BCUT2D eigenvalue weighted by Gasteiger charge is 2.26. The monoisotopic (exact) mass is 486 g/mol. The molecule has 0 aliphatic carbocycles. The maximum Gasteiger partial charge on any atom is 0.126 e. The van der Waals surface area contributed by atoms with Crippen molar-refractivity contribution < 1.29 is 19.8 Å². The Hall–Kier alpha value is -0.390. The van der Waals surface area contributed by atoms with E-state index in [-0.39, 0.29) is 0 Å².